The van der Waals surface area contributed by atoms with Crippen LogP contribution in [0.25, 0.3) is 0 Å². The third-order valence-corrected chi connectivity index (χ3v) is 8.31. The van der Waals surface area contributed by atoms with E-state index in [4.69, 9.17) is 4.74 Å². The molecular formula is C26H31N3O4S. The topological polar surface area (TPSA) is 71.8 Å². The highest BCUT2D eigenvalue weighted by atomic mass is 32.2. The van der Waals surface area contributed by atoms with Crippen molar-refractivity contribution in [1.82, 2.24) is 9.47 Å². The van der Waals surface area contributed by atoms with E-state index >= 15 is 0 Å². The van der Waals surface area contributed by atoms with Crippen LogP contribution in [-0.2, 0) is 17.1 Å². The number of rotatable bonds is 6. The number of ether oxygens (including phenoxy) is 1. The molecule has 0 spiro atoms. The molecule has 180 valence electrons. The normalized spacial score (nSPS) is 16.7. The largest absolute Gasteiger partial charge is 0.495 e. The molecule has 0 bridgehead atoms. The first-order valence-electron chi connectivity index (χ1n) is 11.5. The Hall–Kier alpha value is -3.26. The first-order chi connectivity index (χ1) is 16.3. The first kappa shape index (κ1) is 23.9. The second-order valence-corrected chi connectivity index (χ2v) is 10.5. The second kappa shape index (κ2) is 9.93. The van der Waals surface area contributed by atoms with Crippen molar-refractivity contribution in [2.45, 2.75) is 36.6 Å². The number of benzene rings is 2. The van der Waals surface area contributed by atoms with Crippen LogP contribution in [0, 0.1) is 0 Å². The Morgan fingerprint density at radius 1 is 1.00 bits per heavy atom. The molecule has 0 unspecified atom stereocenters. The van der Waals surface area contributed by atoms with Gasteiger partial charge in [-0.15, -0.1) is 0 Å². The van der Waals surface area contributed by atoms with Crippen LogP contribution in [-0.4, -0.2) is 44.5 Å². The highest BCUT2D eigenvalue weighted by molar-refractivity contribution is 7.92. The molecule has 4 rings (SSSR count). The summed E-state index contributed by atoms with van der Waals surface area (Å²) in [6.45, 7) is 0.686. The minimum Gasteiger partial charge on any atom is -0.495 e. The van der Waals surface area contributed by atoms with Crippen LogP contribution >= 0.6 is 0 Å². The molecule has 0 N–H and O–H groups in total. The summed E-state index contributed by atoms with van der Waals surface area (Å²) >= 11 is 0. The van der Waals surface area contributed by atoms with E-state index in [2.05, 4.69) is 10.6 Å². The van der Waals surface area contributed by atoms with E-state index in [1.54, 1.807) is 36.4 Å². The van der Waals surface area contributed by atoms with Gasteiger partial charge in [-0.25, -0.2) is 8.42 Å². The summed E-state index contributed by atoms with van der Waals surface area (Å²) in [5.74, 6) is 0.392. The van der Waals surface area contributed by atoms with Crippen molar-refractivity contribution in [3.63, 3.8) is 0 Å². The number of anilines is 1. The number of hydrogen-bond acceptors (Lipinski definition) is 4. The Balaban J connectivity index is 1.60. The molecular weight excluding hydrogens is 450 g/mol. The van der Waals surface area contributed by atoms with Gasteiger partial charge in [0, 0.05) is 38.1 Å². The van der Waals surface area contributed by atoms with Crippen LogP contribution in [0.5, 0.6) is 5.75 Å². The van der Waals surface area contributed by atoms with Crippen molar-refractivity contribution in [2.75, 3.05) is 25.0 Å². The molecule has 1 aliphatic heterocycles. The molecule has 1 aliphatic rings. The van der Waals surface area contributed by atoms with Gasteiger partial charge >= 0.3 is 0 Å². The lowest BCUT2D eigenvalue weighted by Crippen LogP contribution is -2.35. The average molecular weight is 482 g/mol. The molecule has 8 heteroatoms. The zero-order chi connectivity index (χ0) is 24.3. The van der Waals surface area contributed by atoms with Crippen molar-refractivity contribution in [3.8, 4) is 5.75 Å². The van der Waals surface area contributed by atoms with Gasteiger partial charge in [-0.2, -0.15) is 0 Å². The van der Waals surface area contributed by atoms with E-state index in [1.807, 2.05) is 24.2 Å². The van der Waals surface area contributed by atoms with Crippen LogP contribution in [0.15, 0.2) is 71.8 Å². The number of aryl methyl sites for hydroxylation is 1. The molecule has 2 aromatic carbocycles. The minimum absolute atomic E-state index is 0.00934. The fraction of sp³-hybridized carbons (Fsp3) is 0.346. The van der Waals surface area contributed by atoms with Crippen LogP contribution < -0.4 is 9.04 Å². The van der Waals surface area contributed by atoms with Crippen LogP contribution in [0.1, 0.15) is 47.8 Å². The molecule has 0 saturated carbocycles. The Bertz CT molecular complexity index is 1250. The Morgan fingerprint density at radius 2 is 1.74 bits per heavy atom. The first-order valence-corrected chi connectivity index (χ1v) is 12.9. The number of sulfonamides is 1. The average Bonchev–Trinajstić information content (AvgIpc) is 3.13. The molecule has 1 fully saturated rings. The third-order valence-electron chi connectivity index (χ3n) is 6.52. The van der Waals surface area contributed by atoms with Crippen molar-refractivity contribution >= 4 is 21.6 Å². The van der Waals surface area contributed by atoms with Gasteiger partial charge in [-0.05, 0) is 61.4 Å². The molecule has 1 atom stereocenters. The van der Waals surface area contributed by atoms with Crippen molar-refractivity contribution in [3.05, 3.63) is 78.1 Å². The number of methoxy groups -OCH3 is 1. The van der Waals surface area contributed by atoms with E-state index in [-0.39, 0.29) is 16.8 Å². The van der Waals surface area contributed by atoms with Gasteiger partial charge in [0.2, 0.25) is 0 Å². The van der Waals surface area contributed by atoms with Crippen molar-refractivity contribution in [1.29, 1.82) is 0 Å². The quantitative estimate of drug-likeness (QED) is 0.515. The van der Waals surface area contributed by atoms with Gasteiger partial charge in [-0.1, -0.05) is 25.0 Å². The SMILES string of the molecule is COc1ccccc1N(C)S(=O)(=O)c1ccc(C(=O)N2CCCCC[C@@H]2c2cccn2C)cc1. The standard InChI is InChI=1S/C26H31N3O4S/c1-27-18-9-12-22(27)23-10-5-4-8-19-29(23)26(30)20-14-16-21(17-15-20)34(31,32)28(2)24-11-6-7-13-25(24)33-3/h6-7,9,11-18,23H,4-5,8,10,19H2,1-3H3/t23-/m1/s1. The summed E-state index contributed by atoms with van der Waals surface area (Å²) in [6, 6.07) is 17.3. The van der Waals surface area contributed by atoms with Crippen molar-refractivity contribution in [2.24, 2.45) is 7.05 Å². The van der Waals surface area contributed by atoms with E-state index in [0.717, 1.165) is 31.4 Å². The van der Waals surface area contributed by atoms with Gasteiger partial charge < -0.3 is 14.2 Å². The van der Waals surface area contributed by atoms with E-state index in [0.29, 0.717) is 23.5 Å². The highest BCUT2D eigenvalue weighted by Crippen LogP contribution is 2.33. The Labute approximate surface area is 201 Å². The highest BCUT2D eigenvalue weighted by Gasteiger charge is 2.30. The lowest BCUT2D eigenvalue weighted by Gasteiger charge is -2.31. The number of hydrogen-bond donors (Lipinski definition) is 0. The summed E-state index contributed by atoms with van der Waals surface area (Å²) in [6.07, 6.45) is 6.05. The van der Waals surface area contributed by atoms with E-state index < -0.39 is 10.0 Å². The van der Waals surface area contributed by atoms with Gasteiger partial charge in [0.25, 0.3) is 15.9 Å². The zero-order valence-corrected chi connectivity index (χ0v) is 20.7. The summed E-state index contributed by atoms with van der Waals surface area (Å²) in [7, 11) is 1.18. The molecule has 1 saturated heterocycles. The number of para-hydroxylation sites is 2. The second-order valence-electron chi connectivity index (χ2n) is 8.58. The van der Waals surface area contributed by atoms with Gasteiger partial charge in [-0.3, -0.25) is 9.10 Å². The smallest absolute Gasteiger partial charge is 0.264 e. The fourth-order valence-electron chi connectivity index (χ4n) is 4.59. The third kappa shape index (κ3) is 4.55. The zero-order valence-electron chi connectivity index (χ0n) is 19.8. The van der Waals surface area contributed by atoms with Crippen LogP contribution in [0.4, 0.5) is 5.69 Å². The minimum atomic E-state index is -3.82. The maximum atomic E-state index is 13.5. The number of likely N-dealkylation sites (tertiary alicyclic amines) is 1. The molecule has 1 amide bonds. The van der Waals surface area contributed by atoms with Crippen LogP contribution in [0.3, 0.4) is 0 Å². The molecule has 7 nitrogen and oxygen atoms in total. The number of carbonyl (C=O) groups excluding carboxylic acids is 1. The van der Waals surface area contributed by atoms with E-state index in [9.17, 15) is 13.2 Å². The molecule has 2 heterocycles. The fourth-order valence-corrected chi connectivity index (χ4v) is 5.80. The lowest BCUT2D eigenvalue weighted by atomic mass is 10.1. The van der Waals surface area contributed by atoms with Gasteiger partial charge in [0.1, 0.15) is 5.75 Å². The lowest BCUT2D eigenvalue weighted by molar-refractivity contribution is 0.0674. The maximum absolute atomic E-state index is 13.5. The summed E-state index contributed by atoms with van der Waals surface area (Å²) < 4.78 is 35.1. The number of aromatic nitrogens is 1. The van der Waals surface area contributed by atoms with Crippen LogP contribution in [0.2, 0.25) is 0 Å². The summed E-state index contributed by atoms with van der Waals surface area (Å²) in [4.78, 5) is 15.6. The summed E-state index contributed by atoms with van der Waals surface area (Å²) in [5.41, 5.74) is 2.05. The number of carbonyl (C=O) groups is 1. The predicted molar refractivity (Wildman–Crippen MR) is 133 cm³/mol. The number of amides is 1. The molecule has 0 radical (unpaired) electrons. The Kier molecular flexibility index (Phi) is 6.97. The monoisotopic (exact) mass is 481 g/mol. The van der Waals surface area contributed by atoms with Crippen molar-refractivity contribution < 1.29 is 17.9 Å². The Morgan fingerprint density at radius 3 is 2.41 bits per heavy atom. The van der Waals surface area contributed by atoms with Gasteiger partial charge in [0.05, 0.1) is 23.7 Å². The predicted octanol–water partition coefficient (Wildman–Crippen LogP) is 4.62. The molecule has 3 aromatic rings. The maximum Gasteiger partial charge on any atom is 0.264 e. The van der Waals surface area contributed by atoms with Gasteiger partial charge in [0.15, 0.2) is 0 Å². The summed E-state index contributed by atoms with van der Waals surface area (Å²) in [5, 5.41) is 0. The molecule has 0 aliphatic carbocycles. The number of nitrogens with zero attached hydrogens (tertiary/aromatic N) is 3. The van der Waals surface area contributed by atoms with E-state index in [1.165, 1.54) is 30.6 Å². The molecule has 34 heavy (non-hydrogen) atoms. The molecule has 1 aromatic heterocycles.